The van der Waals surface area contributed by atoms with Gasteiger partial charge in [0, 0.05) is 33.0 Å². The summed E-state index contributed by atoms with van der Waals surface area (Å²) in [6.45, 7) is 0. The van der Waals surface area contributed by atoms with Crippen molar-refractivity contribution in [1.82, 2.24) is 15.0 Å². The summed E-state index contributed by atoms with van der Waals surface area (Å²) >= 11 is 0. The zero-order valence-corrected chi connectivity index (χ0v) is 28.5. The van der Waals surface area contributed by atoms with Crippen molar-refractivity contribution >= 4 is 32.7 Å². The average molecular weight is 676 g/mol. The molecule has 0 aliphatic heterocycles. The van der Waals surface area contributed by atoms with Crippen molar-refractivity contribution in [2.24, 2.45) is 0 Å². The average Bonchev–Trinajstić information content (AvgIpc) is 3.78. The number of hydrogen-bond acceptors (Lipinski definition) is 4. The Balaban J connectivity index is 1.17. The Hall–Kier alpha value is -7.17. The topological polar surface area (TPSA) is 51.8 Å². The first-order valence-electron chi connectivity index (χ1n) is 17.9. The molecule has 0 radical (unpaired) electrons. The Kier molecular flexibility index (Phi) is 6.52. The highest BCUT2D eigenvalue weighted by molar-refractivity contribution is 6.20. The molecule has 0 saturated heterocycles. The summed E-state index contributed by atoms with van der Waals surface area (Å²) in [7, 11) is 0. The Bertz CT molecular complexity index is 3050. The van der Waals surface area contributed by atoms with Crippen molar-refractivity contribution < 1.29 is 4.42 Å². The Labute approximate surface area is 305 Å². The highest BCUT2D eigenvalue weighted by atomic mass is 16.3. The summed E-state index contributed by atoms with van der Waals surface area (Å²) in [5, 5.41) is 4.57. The molecule has 8 aromatic carbocycles. The molecule has 0 bridgehead atoms. The number of benzene rings is 8. The van der Waals surface area contributed by atoms with Crippen LogP contribution in [0, 0.1) is 0 Å². The Morgan fingerprint density at radius 3 is 1.70 bits per heavy atom. The summed E-state index contributed by atoms with van der Waals surface area (Å²) in [6.07, 6.45) is 0. The first-order valence-corrected chi connectivity index (χ1v) is 17.9. The van der Waals surface area contributed by atoms with Crippen LogP contribution in [0.15, 0.2) is 180 Å². The van der Waals surface area contributed by atoms with Crippen LogP contribution in [0.2, 0.25) is 0 Å². The van der Waals surface area contributed by atoms with Gasteiger partial charge in [-0.15, -0.1) is 0 Å². The van der Waals surface area contributed by atoms with Crippen LogP contribution >= 0.6 is 0 Å². The standard InChI is InChI=1S/C49H29N3O/c1-3-12-30(13-4-1)33-18-9-19-34(28-33)36-25-26-40(46-39-22-11-17-31-16-10-21-38(44(31)39)45(36)46)49-51-47(32-14-5-2-6-15-32)50-48(52-49)35-24-27-43-41(29-35)37-20-7-8-23-42(37)53-43/h1-29H. The fraction of sp³-hybridized carbons (Fsp3) is 0. The van der Waals surface area contributed by atoms with Gasteiger partial charge in [0.1, 0.15) is 11.2 Å². The molecule has 53 heavy (non-hydrogen) atoms. The van der Waals surface area contributed by atoms with Gasteiger partial charge in [-0.1, -0.05) is 140 Å². The van der Waals surface area contributed by atoms with Gasteiger partial charge < -0.3 is 4.42 Å². The molecule has 0 saturated carbocycles. The van der Waals surface area contributed by atoms with Gasteiger partial charge in [-0.2, -0.15) is 0 Å². The highest BCUT2D eigenvalue weighted by Gasteiger charge is 2.29. The lowest BCUT2D eigenvalue weighted by atomic mass is 9.89. The highest BCUT2D eigenvalue weighted by Crippen LogP contribution is 2.54. The van der Waals surface area contributed by atoms with Crippen molar-refractivity contribution in [2.75, 3.05) is 0 Å². The molecule has 11 rings (SSSR count). The van der Waals surface area contributed by atoms with Crippen molar-refractivity contribution in [2.45, 2.75) is 0 Å². The lowest BCUT2D eigenvalue weighted by Gasteiger charge is -2.16. The van der Waals surface area contributed by atoms with E-state index in [1.54, 1.807) is 0 Å². The zero-order chi connectivity index (χ0) is 34.9. The number of aromatic nitrogens is 3. The molecular weight excluding hydrogens is 647 g/mol. The molecule has 0 unspecified atom stereocenters. The molecule has 1 aliphatic rings. The van der Waals surface area contributed by atoms with Gasteiger partial charge in [0.15, 0.2) is 17.5 Å². The van der Waals surface area contributed by atoms with Crippen LogP contribution in [0.5, 0.6) is 0 Å². The predicted molar refractivity (Wildman–Crippen MR) is 216 cm³/mol. The van der Waals surface area contributed by atoms with Crippen molar-refractivity contribution in [3.63, 3.8) is 0 Å². The summed E-state index contributed by atoms with van der Waals surface area (Å²) in [5.74, 6) is 1.88. The van der Waals surface area contributed by atoms with Gasteiger partial charge in [0.2, 0.25) is 0 Å². The van der Waals surface area contributed by atoms with E-state index in [1.165, 1.54) is 49.7 Å². The van der Waals surface area contributed by atoms with Crippen molar-refractivity contribution in [1.29, 1.82) is 0 Å². The summed E-state index contributed by atoms with van der Waals surface area (Å²) in [5.41, 5.74) is 14.0. The van der Waals surface area contributed by atoms with Gasteiger partial charge in [-0.25, -0.2) is 15.0 Å². The van der Waals surface area contributed by atoms with Gasteiger partial charge in [-0.05, 0) is 86.1 Å². The number of para-hydroxylation sites is 1. The van der Waals surface area contributed by atoms with Crippen molar-refractivity contribution in [3.8, 4) is 78.7 Å². The monoisotopic (exact) mass is 675 g/mol. The molecule has 2 heterocycles. The maximum absolute atomic E-state index is 6.17. The molecule has 0 amide bonds. The minimum absolute atomic E-state index is 0.614. The third-order valence-corrected chi connectivity index (χ3v) is 10.5. The second-order valence-electron chi connectivity index (χ2n) is 13.5. The van der Waals surface area contributed by atoms with E-state index >= 15 is 0 Å². The van der Waals surface area contributed by atoms with E-state index in [1.807, 2.05) is 48.5 Å². The molecule has 1 aliphatic carbocycles. The van der Waals surface area contributed by atoms with Crippen LogP contribution in [0.3, 0.4) is 0 Å². The summed E-state index contributed by atoms with van der Waals surface area (Å²) in [6, 6.07) is 61.6. The van der Waals surface area contributed by atoms with Crippen LogP contribution in [-0.4, -0.2) is 15.0 Å². The van der Waals surface area contributed by atoms with Gasteiger partial charge in [-0.3, -0.25) is 0 Å². The fourth-order valence-corrected chi connectivity index (χ4v) is 8.05. The molecule has 4 heteroatoms. The van der Waals surface area contributed by atoms with E-state index in [2.05, 4.69) is 127 Å². The van der Waals surface area contributed by atoms with Crippen LogP contribution in [0.25, 0.3) is 111 Å². The SMILES string of the molecule is c1ccc(-c2cccc(-c3ccc(-c4nc(-c5ccccc5)nc(-c5ccc6oc7ccccc7c6c5)n4)c4c3-c3cccc5cccc-4c35)c2)cc1. The largest absolute Gasteiger partial charge is 0.456 e. The number of furan rings is 1. The van der Waals surface area contributed by atoms with Gasteiger partial charge >= 0.3 is 0 Å². The first kappa shape index (κ1) is 29.5. The number of fused-ring (bicyclic) bond motifs is 6. The van der Waals surface area contributed by atoms with Crippen LogP contribution < -0.4 is 0 Å². The van der Waals surface area contributed by atoms with Crippen molar-refractivity contribution in [3.05, 3.63) is 176 Å². The van der Waals surface area contributed by atoms with Gasteiger partial charge in [0.05, 0.1) is 0 Å². The zero-order valence-electron chi connectivity index (χ0n) is 28.5. The van der Waals surface area contributed by atoms with Crippen LogP contribution in [0.4, 0.5) is 0 Å². The Morgan fingerprint density at radius 2 is 0.906 bits per heavy atom. The lowest BCUT2D eigenvalue weighted by molar-refractivity contribution is 0.669. The lowest BCUT2D eigenvalue weighted by Crippen LogP contribution is -2.01. The second kappa shape index (κ2) is 11.7. The van der Waals surface area contributed by atoms with Gasteiger partial charge in [0.25, 0.3) is 0 Å². The van der Waals surface area contributed by atoms with E-state index in [9.17, 15) is 0 Å². The summed E-state index contributed by atoms with van der Waals surface area (Å²) in [4.78, 5) is 15.6. The molecule has 0 spiro atoms. The number of rotatable bonds is 5. The van der Waals surface area contributed by atoms with Crippen LogP contribution in [-0.2, 0) is 0 Å². The molecule has 2 aromatic heterocycles. The molecule has 0 fully saturated rings. The molecule has 0 N–H and O–H groups in total. The normalized spacial score (nSPS) is 11.8. The Morgan fingerprint density at radius 1 is 0.321 bits per heavy atom. The quantitative estimate of drug-likeness (QED) is 0.182. The molecule has 0 atom stereocenters. The van der Waals surface area contributed by atoms with Crippen LogP contribution in [0.1, 0.15) is 0 Å². The third kappa shape index (κ3) is 4.73. The number of hydrogen-bond donors (Lipinski definition) is 0. The smallest absolute Gasteiger partial charge is 0.164 e. The van der Waals surface area contributed by atoms with E-state index < -0.39 is 0 Å². The van der Waals surface area contributed by atoms with E-state index in [0.29, 0.717) is 17.5 Å². The second-order valence-corrected chi connectivity index (χ2v) is 13.5. The molecule has 246 valence electrons. The minimum Gasteiger partial charge on any atom is -0.456 e. The maximum atomic E-state index is 6.17. The molecule has 10 aromatic rings. The third-order valence-electron chi connectivity index (χ3n) is 10.5. The fourth-order valence-electron chi connectivity index (χ4n) is 8.05. The first-order chi connectivity index (χ1) is 26.3. The van der Waals surface area contributed by atoms with E-state index in [0.717, 1.165) is 44.2 Å². The molecular formula is C49H29N3O. The predicted octanol–water partition coefficient (Wildman–Crippen LogP) is 12.9. The number of nitrogens with zero attached hydrogens (tertiary/aromatic N) is 3. The van der Waals surface area contributed by atoms with E-state index in [4.69, 9.17) is 19.4 Å². The minimum atomic E-state index is 0.614. The summed E-state index contributed by atoms with van der Waals surface area (Å²) < 4.78 is 6.17. The maximum Gasteiger partial charge on any atom is 0.164 e. The molecule has 4 nitrogen and oxygen atoms in total. The van der Waals surface area contributed by atoms with E-state index in [-0.39, 0.29) is 0 Å².